The zero-order valence-electron chi connectivity index (χ0n) is 12.4. The van der Waals surface area contributed by atoms with Crippen molar-refractivity contribution in [2.24, 2.45) is 0 Å². The van der Waals surface area contributed by atoms with Crippen LogP contribution in [-0.4, -0.2) is 41.9 Å². The monoisotopic (exact) mass is 292 g/mol. The molecule has 3 N–H and O–H groups in total. The van der Waals surface area contributed by atoms with E-state index in [1.165, 1.54) is 38.5 Å². The van der Waals surface area contributed by atoms with Crippen molar-refractivity contribution in [1.29, 1.82) is 0 Å². The molecule has 0 aromatic carbocycles. The highest BCUT2D eigenvalue weighted by molar-refractivity contribution is 5.93. The smallest absolute Gasteiger partial charge is 0.256 e. The highest BCUT2D eigenvalue weighted by Gasteiger charge is 2.23. The van der Waals surface area contributed by atoms with Gasteiger partial charge < -0.3 is 15.4 Å². The van der Waals surface area contributed by atoms with E-state index in [1.807, 2.05) is 6.07 Å². The number of morpholine rings is 1. The van der Waals surface area contributed by atoms with Gasteiger partial charge in [-0.3, -0.25) is 9.89 Å². The lowest BCUT2D eigenvalue weighted by Gasteiger charge is -2.22. The Labute approximate surface area is 125 Å². The average molecular weight is 292 g/mol. The molecular weight excluding hydrogens is 268 g/mol. The highest BCUT2D eigenvalue weighted by Crippen LogP contribution is 2.31. The van der Waals surface area contributed by atoms with Crippen LogP contribution in [0.1, 0.15) is 50.1 Å². The van der Waals surface area contributed by atoms with Gasteiger partial charge in [-0.1, -0.05) is 25.7 Å². The number of carbonyl (C=O) groups is 1. The fraction of sp³-hybridized carbons (Fsp3) is 0.733. The second-order valence-corrected chi connectivity index (χ2v) is 5.95. The molecule has 1 aliphatic carbocycles. The fourth-order valence-corrected chi connectivity index (χ4v) is 3.14. The Bertz CT molecular complexity index is 460. The number of hydrogen-bond donors (Lipinski definition) is 3. The molecule has 3 rings (SSSR count). The van der Waals surface area contributed by atoms with Crippen LogP contribution in [-0.2, 0) is 9.53 Å². The standard InChI is InChI=1S/C15H24N4O2/c20-15(13-10-16-7-8-21-13)17-14-9-12(18-19-14)11-5-3-1-2-4-6-11/h9,11,13,16H,1-8,10H2,(H2,17,18,19,20)/t13-/m1/s1. The van der Waals surface area contributed by atoms with Crippen LogP contribution in [0, 0.1) is 0 Å². The van der Waals surface area contributed by atoms with Gasteiger partial charge in [0.15, 0.2) is 5.82 Å². The highest BCUT2D eigenvalue weighted by atomic mass is 16.5. The van der Waals surface area contributed by atoms with E-state index in [1.54, 1.807) is 0 Å². The molecule has 1 aromatic rings. The lowest BCUT2D eigenvalue weighted by atomic mass is 9.97. The first kappa shape index (κ1) is 14.5. The molecular formula is C15H24N4O2. The summed E-state index contributed by atoms with van der Waals surface area (Å²) in [6.45, 7) is 1.94. The molecule has 6 nitrogen and oxygen atoms in total. The minimum absolute atomic E-state index is 0.124. The molecule has 0 unspecified atom stereocenters. The zero-order valence-corrected chi connectivity index (χ0v) is 12.4. The van der Waals surface area contributed by atoms with Crippen LogP contribution in [0.4, 0.5) is 5.82 Å². The normalized spacial score (nSPS) is 24.5. The van der Waals surface area contributed by atoms with Crippen LogP contribution in [0.25, 0.3) is 0 Å². The number of anilines is 1. The number of carbonyl (C=O) groups excluding carboxylic acids is 1. The topological polar surface area (TPSA) is 79.0 Å². The summed E-state index contributed by atoms with van der Waals surface area (Å²) >= 11 is 0. The zero-order chi connectivity index (χ0) is 14.5. The van der Waals surface area contributed by atoms with Crippen LogP contribution in [0.3, 0.4) is 0 Å². The molecule has 1 saturated carbocycles. The molecule has 2 heterocycles. The molecule has 1 atom stereocenters. The number of hydrogen-bond acceptors (Lipinski definition) is 4. The summed E-state index contributed by atoms with van der Waals surface area (Å²) in [4.78, 5) is 12.1. The molecule has 1 saturated heterocycles. The number of rotatable bonds is 3. The minimum Gasteiger partial charge on any atom is -0.366 e. The summed E-state index contributed by atoms with van der Waals surface area (Å²) < 4.78 is 5.44. The third kappa shape index (κ3) is 3.83. The number of aromatic nitrogens is 2. The number of aromatic amines is 1. The third-order valence-electron chi connectivity index (χ3n) is 4.36. The molecule has 0 bridgehead atoms. The van der Waals surface area contributed by atoms with Gasteiger partial charge >= 0.3 is 0 Å². The molecule has 21 heavy (non-hydrogen) atoms. The summed E-state index contributed by atoms with van der Waals surface area (Å²) in [6, 6.07) is 1.98. The summed E-state index contributed by atoms with van der Waals surface area (Å²) in [7, 11) is 0. The molecule has 0 spiro atoms. The largest absolute Gasteiger partial charge is 0.366 e. The second kappa shape index (κ2) is 7.04. The van der Waals surface area contributed by atoms with Crippen LogP contribution in [0.15, 0.2) is 6.07 Å². The van der Waals surface area contributed by atoms with Crippen molar-refractivity contribution in [1.82, 2.24) is 15.5 Å². The predicted octanol–water partition coefficient (Wildman–Crippen LogP) is 1.77. The van der Waals surface area contributed by atoms with Gasteiger partial charge in [-0.2, -0.15) is 5.10 Å². The van der Waals surface area contributed by atoms with E-state index in [0.29, 0.717) is 24.9 Å². The van der Waals surface area contributed by atoms with Gasteiger partial charge in [0.05, 0.1) is 6.61 Å². The first-order valence-corrected chi connectivity index (χ1v) is 8.01. The number of ether oxygens (including phenoxy) is 1. The van der Waals surface area contributed by atoms with E-state index in [0.717, 1.165) is 12.2 Å². The van der Waals surface area contributed by atoms with Gasteiger partial charge in [0.2, 0.25) is 0 Å². The van der Waals surface area contributed by atoms with Crippen molar-refractivity contribution in [3.63, 3.8) is 0 Å². The maximum absolute atomic E-state index is 12.1. The summed E-state index contributed by atoms with van der Waals surface area (Å²) in [5, 5.41) is 13.3. The summed E-state index contributed by atoms with van der Waals surface area (Å²) in [5.41, 5.74) is 1.15. The molecule has 2 fully saturated rings. The average Bonchev–Trinajstić information content (AvgIpc) is 2.81. The van der Waals surface area contributed by atoms with Crippen molar-refractivity contribution in [3.05, 3.63) is 11.8 Å². The Morgan fingerprint density at radius 2 is 2.10 bits per heavy atom. The molecule has 6 heteroatoms. The Hall–Kier alpha value is -1.40. The maximum Gasteiger partial charge on any atom is 0.256 e. The van der Waals surface area contributed by atoms with Crippen molar-refractivity contribution in [2.45, 2.75) is 50.5 Å². The van der Waals surface area contributed by atoms with E-state index in [-0.39, 0.29) is 5.91 Å². The Morgan fingerprint density at radius 3 is 2.81 bits per heavy atom. The fourth-order valence-electron chi connectivity index (χ4n) is 3.14. The Balaban J connectivity index is 1.57. The SMILES string of the molecule is O=C(Nc1cc(C2CCCCCC2)[nH]n1)[C@H]1CNCCO1. The van der Waals surface area contributed by atoms with Gasteiger partial charge in [-0.15, -0.1) is 0 Å². The van der Waals surface area contributed by atoms with Crippen LogP contribution in [0.2, 0.25) is 0 Å². The van der Waals surface area contributed by atoms with Crippen molar-refractivity contribution < 1.29 is 9.53 Å². The molecule has 2 aliphatic rings. The van der Waals surface area contributed by atoms with E-state index < -0.39 is 6.10 Å². The first-order chi connectivity index (χ1) is 10.3. The lowest BCUT2D eigenvalue weighted by Crippen LogP contribution is -2.45. The van der Waals surface area contributed by atoms with E-state index >= 15 is 0 Å². The van der Waals surface area contributed by atoms with Crippen molar-refractivity contribution >= 4 is 11.7 Å². The van der Waals surface area contributed by atoms with Gasteiger partial charge in [-0.25, -0.2) is 0 Å². The number of nitrogens with one attached hydrogen (secondary N) is 3. The van der Waals surface area contributed by atoms with Gasteiger partial charge in [0.25, 0.3) is 5.91 Å². The quantitative estimate of drug-likeness (QED) is 0.742. The number of amides is 1. The van der Waals surface area contributed by atoms with Crippen molar-refractivity contribution in [2.75, 3.05) is 25.0 Å². The number of nitrogens with zero attached hydrogens (tertiary/aromatic N) is 1. The number of H-pyrrole nitrogens is 1. The summed E-state index contributed by atoms with van der Waals surface area (Å²) in [6.07, 6.45) is 7.24. The predicted molar refractivity (Wildman–Crippen MR) is 80.3 cm³/mol. The Morgan fingerprint density at radius 1 is 1.29 bits per heavy atom. The van der Waals surface area contributed by atoms with Crippen LogP contribution >= 0.6 is 0 Å². The molecule has 1 aliphatic heterocycles. The third-order valence-corrected chi connectivity index (χ3v) is 4.36. The van der Waals surface area contributed by atoms with Crippen LogP contribution < -0.4 is 10.6 Å². The van der Waals surface area contributed by atoms with Gasteiger partial charge in [-0.05, 0) is 12.8 Å². The molecule has 116 valence electrons. The van der Waals surface area contributed by atoms with E-state index in [9.17, 15) is 4.79 Å². The Kier molecular flexibility index (Phi) is 4.87. The minimum atomic E-state index is -0.420. The summed E-state index contributed by atoms with van der Waals surface area (Å²) in [5.74, 6) is 1.03. The van der Waals surface area contributed by atoms with Gasteiger partial charge in [0, 0.05) is 30.8 Å². The first-order valence-electron chi connectivity index (χ1n) is 8.01. The molecule has 0 radical (unpaired) electrons. The van der Waals surface area contributed by atoms with Crippen LogP contribution in [0.5, 0.6) is 0 Å². The van der Waals surface area contributed by atoms with E-state index in [4.69, 9.17) is 4.74 Å². The van der Waals surface area contributed by atoms with Crippen molar-refractivity contribution in [3.8, 4) is 0 Å². The lowest BCUT2D eigenvalue weighted by molar-refractivity contribution is -0.128. The second-order valence-electron chi connectivity index (χ2n) is 5.95. The van der Waals surface area contributed by atoms with Gasteiger partial charge in [0.1, 0.15) is 6.10 Å². The maximum atomic E-state index is 12.1. The van der Waals surface area contributed by atoms with E-state index in [2.05, 4.69) is 20.8 Å². The molecule has 1 amide bonds. The molecule has 1 aromatic heterocycles.